The highest BCUT2D eigenvalue weighted by Crippen LogP contribution is 2.33. The Hall–Kier alpha value is -2.53. The lowest BCUT2D eigenvalue weighted by Gasteiger charge is -2.28. The van der Waals surface area contributed by atoms with Gasteiger partial charge in [0.2, 0.25) is 12.7 Å². The molecule has 1 amide bonds. The Morgan fingerprint density at radius 3 is 2.93 bits per heavy atom. The second-order valence-corrected chi connectivity index (χ2v) is 7.20. The zero-order valence-corrected chi connectivity index (χ0v) is 15.7. The SMILES string of the molecule is CCN(CC(=O)NC1CCCc2ccccc21)Cc1ccc2c(c1)OCO2. The molecule has 1 N–H and O–H groups in total. The van der Waals surface area contributed by atoms with Crippen LogP contribution in [0.4, 0.5) is 0 Å². The summed E-state index contributed by atoms with van der Waals surface area (Å²) in [6.07, 6.45) is 3.24. The van der Waals surface area contributed by atoms with Gasteiger partial charge in [-0.1, -0.05) is 37.3 Å². The molecule has 2 aliphatic rings. The topological polar surface area (TPSA) is 50.8 Å². The minimum absolute atomic E-state index is 0.0827. The third-order valence-electron chi connectivity index (χ3n) is 5.36. The fourth-order valence-corrected chi connectivity index (χ4v) is 3.92. The first kappa shape index (κ1) is 17.9. The van der Waals surface area contributed by atoms with Crippen molar-refractivity contribution >= 4 is 5.91 Å². The van der Waals surface area contributed by atoms with Gasteiger partial charge in [-0.15, -0.1) is 0 Å². The summed E-state index contributed by atoms with van der Waals surface area (Å²) in [5.41, 5.74) is 3.76. The molecular formula is C22H26N2O3. The molecule has 0 fully saturated rings. The van der Waals surface area contributed by atoms with Crippen LogP contribution < -0.4 is 14.8 Å². The molecule has 0 bridgehead atoms. The van der Waals surface area contributed by atoms with Crippen LogP contribution in [0.2, 0.25) is 0 Å². The Morgan fingerprint density at radius 1 is 1.19 bits per heavy atom. The molecule has 4 rings (SSSR count). The Morgan fingerprint density at radius 2 is 2.04 bits per heavy atom. The third-order valence-corrected chi connectivity index (χ3v) is 5.36. The molecule has 0 saturated carbocycles. The third kappa shape index (κ3) is 4.08. The van der Waals surface area contributed by atoms with E-state index < -0.39 is 0 Å². The van der Waals surface area contributed by atoms with Gasteiger partial charge in [0.05, 0.1) is 12.6 Å². The Balaban J connectivity index is 1.37. The molecule has 0 aromatic heterocycles. The molecule has 0 saturated heterocycles. The van der Waals surface area contributed by atoms with Gasteiger partial charge in [0.15, 0.2) is 11.5 Å². The van der Waals surface area contributed by atoms with Gasteiger partial charge >= 0.3 is 0 Å². The van der Waals surface area contributed by atoms with E-state index in [1.54, 1.807) is 0 Å². The highest BCUT2D eigenvalue weighted by molar-refractivity contribution is 5.78. The number of hydrogen-bond donors (Lipinski definition) is 1. The summed E-state index contributed by atoms with van der Waals surface area (Å²) in [6, 6.07) is 14.5. The summed E-state index contributed by atoms with van der Waals surface area (Å²) < 4.78 is 10.8. The van der Waals surface area contributed by atoms with E-state index in [1.165, 1.54) is 11.1 Å². The lowest BCUT2D eigenvalue weighted by molar-refractivity contribution is -0.123. The number of ether oxygens (including phenoxy) is 2. The van der Waals surface area contributed by atoms with Crippen LogP contribution in [0.1, 0.15) is 42.5 Å². The number of likely N-dealkylation sites (N-methyl/N-ethyl adjacent to an activating group) is 1. The minimum Gasteiger partial charge on any atom is -0.454 e. The molecule has 27 heavy (non-hydrogen) atoms. The number of fused-ring (bicyclic) bond motifs is 2. The van der Waals surface area contributed by atoms with Crippen LogP contribution >= 0.6 is 0 Å². The monoisotopic (exact) mass is 366 g/mol. The Kier molecular flexibility index (Phi) is 5.30. The molecule has 0 spiro atoms. The number of rotatable bonds is 6. The van der Waals surface area contributed by atoms with Gasteiger partial charge in [-0.3, -0.25) is 9.69 Å². The molecule has 1 atom stereocenters. The van der Waals surface area contributed by atoms with E-state index in [2.05, 4.69) is 41.4 Å². The highest BCUT2D eigenvalue weighted by Gasteiger charge is 2.22. The molecule has 1 unspecified atom stereocenters. The molecule has 1 aliphatic carbocycles. The zero-order chi connectivity index (χ0) is 18.6. The fourth-order valence-electron chi connectivity index (χ4n) is 3.92. The zero-order valence-electron chi connectivity index (χ0n) is 15.7. The van der Waals surface area contributed by atoms with Gasteiger partial charge in [-0.25, -0.2) is 0 Å². The number of benzene rings is 2. The molecule has 5 heteroatoms. The summed E-state index contributed by atoms with van der Waals surface area (Å²) in [5, 5.41) is 3.24. The summed E-state index contributed by atoms with van der Waals surface area (Å²) >= 11 is 0. The molecule has 0 radical (unpaired) electrons. The Bertz CT molecular complexity index is 821. The van der Waals surface area contributed by atoms with Gasteiger partial charge in [-0.05, 0) is 54.6 Å². The number of carbonyl (C=O) groups is 1. The molecule has 1 heterocycles. The van der Waals surface area contributed by atoms with Crippen LogP contribution in [-0.4, -0.2) is 30.7 Å². The van der Waals surface area contributed by atoms with Crippen molar-refractivity contribution < 1.29 is 14.3 Å². The van der Waals surface area contributed by atoms with Gasteiger partial charge in [0.1, 0.15) is 0 Å². The minimum atomic E-state index is 0.0827. The van der Waals surface area contributed by atoms with Crippen molar-refractivity contribution in [1.29, 1.82) is 0 Å². The molecule has 2 aromatic carbocycles. The highest BCUT2D eigenvalue weighted by atomic mass is 16.7. The number of aryl methyl sites for hydroxylation is 1. The summed E-state index contributed by atoms with van der Waals surface area (Å²) in [4.78, 5) is 14.8. The summed E-state index contributed by atoms with van der Waals surface area (Å²) in [6.45, 7) is 4.27. The molecule has 142 valence electrons. The van der Waals surface area contributed by atoms with Gasteiger partial charge < -0.3 is 14.8 Å². The van der Waals surface area contributed by atoms with Crippen LogP contribution in [0, 0.1) is 0 Å². The van der Waals surface area contributed by atoms with E-state index in [1.807, 2.05) is 18.2 Å². The van der Waals surface area contributed by atoms with Crippen LogP contribution in [0.25, 0.3) is 0 Å². The van der Waals surface area contributed by atoms with Gasteiger partial charge in [0, 0.05) is 6.54 Å². The fraction of sp³-hybridized carbons (Fsp3) is 0.409. The largest absolute Gasteiger partial charge is 0.454 e. The first-order chi connectivity index (χ1) is 13.2. The van der Waals surface area contributed by atoms with E-state index in [-0.39, 0.29) is 18.7 Å². The van der Waals surface area contributed by atoms with Crippen molar-refractivity contribution in [2.45, 2.75) is 38.8 Å². The number of carbonyl (C=O) groups excluding carboxylic acids is 1. The van der Waals surface area contributed by atoms with Gasteiger partial charge in [-0.2, -0.15) is 0 Å². The van der Waals surface area contributed by atoms with Crippen molar-refractivity contribution in [3.8, 4) is 11.5 Å². The molecular weight excluding hydrogens is 340 g/mol. The predicted octanol–water partition coefficient (Wildman–Crippen LogP) is 3.43. The molecule has 2 aromatic rings. The average Bonchev–Trinajstić information content (AvgIpc) is 3.15. The van der Waals surface area contributed by atoms with Crippen LogP contribution in [0.15, 0.2) is 42.5 Å². The molecule has 5 nitrogen and oxygen atoms in total. The van der Waals surface area contributed by atoms with E-state index >= 15 is 0 Å². The van der Waals surface area contributed by atoms with Crippen molar-refractivity contribution in [2.24, 2.45) is 0 Å². The standard InChI is InChI=1S/C22H26N2O3/c1-2-24(13-16-10-11-20-21(12-16)27-15-26-20)14-22(25)23-19-9-5-7-17-6-3-4-8-18(17)19/h3-4,6,8,10-12,19H,2,5,7,9,13-15H2,1H3,(H,23,25). The van der Waals surface area contributed by atoms with Crippen molar-refractivity contribution in [3.63, 3.8) is 0 Å². The van der Waals surface area contributed by atoms with E-state index in [4.69, 9.17) is 9.47 Å². The maximum absolute atomic E-state index is 12.7. The predicted molar refractivity (Wildman–Crippen MR) is 104 cm³/mol. The lowest BCUT2D eigenvalue weighted by Crippen LogP contribution is -2.39. The molecule has 1 aliphatic heterocycles. The van der Waals surface area contributed by atoms with Crippen LogP contribution in [-0.2, 0) is 17.8 Å². The normalized spacial score (nSPS) is 17.6. The second kappa shape index (κ2) is 8.01. The summed E-state index contributed by atoms with van der Waals surface area (Å²) in [7, 11) is 0. The Labute approximate surface area is 160 Å². The number of nitrogens with zero attached hydrogens (tertiary/aromatic N) is 1. The van der Waals surface area contributed by atoms with E-state index in [9.17, 15) is 4.79 Å². The summed E-state index contributed by atoms with van der Waals surface area (Å²) in [5.74, 6) is 1.65. The number of hydrogen-bond acceptors (Lipinski definition) is 4. The smallest absolute Gasteiger partial charge is 0.234 e. The van der Waals surface area contributed by atoms with Crippen molar-refractivity contribution in [1.82, 2.24) is 10.2 Å². The van der Waals surface area contributed by atoms with E-state index in [0.717, 1.165) is 42.9 Å². The maximum atomic E-state index is 12.7. The first-order valence-corrected chi connectivity index (χ1v) is 9.71. The lowest BCUT2D eigenvalue weighted by atomic mass is 9.88. The van der Waals surface area contributed by atoms with Crippen molar-refractivity contribution in [3.05, 3.63) is 59.2 Å². The average molecular weight is 366 g/mol. The first-order valence-electron chi connectivity index (χ1n) is 9.71. The van der Waals surface area contributed by atoms with Crippen LogP contribution in [0.3, 0.4) is 0 Å². The number of amides is 1. The number of nitrogens with one attached hydrogen (secondary N) is 1. The van der Waals surface area contributed by atoms with Gasteiger partial charge in [0.25, 0.3) is 0 Å². The maximum Gasteiger partial charge on any atom is 0.234 e. The van der Waals surface area contributed by atoms with Crippen LogP contribution in [0.5, 0.6) is 11.5 Å². The van der Waals surface area contributed by atoms with E-state index in [0.29, 0.717) is 13.1 Å². The second-order valence-electron chi connectivity index (χ2n) is 7.20. The quantitative estimate of drug-likeness (QED) is 0.851. The van der Waals surface area contributed by atoms with Crippen molar-refractivity contribution in [2.75, 3.05) is 19.9 Å².